The van der Waals surface area contributed by atoms with Crippen molar-refractivity contribution in [2.45, 2.75) is 22.3 Å². The molecule has 10 heteroatoms. The van der Waals surface area contributed by atoms with Crippen molar-refractivity contribution < 1.29 is 58.4 Å². The van der Waals surface area contributed by atoms with Crippen LogP contribution < -0.4 is 0 Å². The summed E-state index contributed by atoms with van der Waals surface area (Å²) in [4.78, 5) is 0. The Morgan fingerprint density at radius 1 is 0.308 bits per heavy atom. The van der Waals surface area contributed by atoms with Gasteiger partial charge in [0.2, 0.25) is 0 Å². The molecule has 0 atom stereocenters. The Labute approximate surface area is 137 Å². The largest absolute Gasteiger partial charge is 4.00 e. The molecule has 0 aliphatic heterocycles. The van der Waals surface area contributed by atoms with Gasteiger partial charge < -0.3 is 24.6 Å². The van der Waals surface area contributed by atoms with Crippen molar-refractivity contribution in [3.8, 4) is 0 Å². The SMILES string of the molecule is C.C.C.[N-3].[N-3].[N-3].[N-3].[Ru+4].[Ru+4].[Ru+4].[SiH4].[SiH4].[SiH4]. The van der Waals surface area contributed by atoms with Crippen LogP contribution >= 0.6 is 0 Å². The molecular formula is C3H24N4Ru3Si3. The van der Waals surface area contributed by atoms with E-state index in [4.69, 9.17) is 0 Å². The first-order valence-electron chi connectivity index (χ1n) is 0. The second-order valence-electron chi connectivity index (χ2n) is 0. The summed E-state index contributed by atoms with van der Waals surface area (Å²) < 4.78 is 0. The number of hydrogen-bond donors (Lipinski definition) is 0. The molecule has 0 N–H and O–H groups in total. The van der Waals surface area contributed by atoms with Crippen molar-refractivity contribution >= 4 is 32.9 Å². The molecule has 0 rings (SSSR count). The molecule has 0 fully saturated rings. The van der Waals surface area contributed by atoms with Crippen molar-refractivity contribution in [2.24, 2.45) is 0 Å². The third kappa shape index (κ3) is 394. The Morgan fingerprint density at radius 2 is 0.308 bits per heavy atom. The first kappa shape index (κ1) is 568. The molecule has 0 bridgehead atoms. The van der Waals surface area contributed by atoms with Crippen molar-refractivity contribution in [2.75, 3.05) is 0 Å². The van der Waals surface area contributed by atoms with E-state index in [1.54, 1.807) is 0 Å². The van der Waals surface area contributed by atoms with Crippen LogP contribution in [0.2, 0.25) is 0 Å². The van der Waals surface area contributed by atoms with Gasteiger partial charge in [-0.25, -0.2) is 0 Å². The minimum atomic E-state index is 0. The van der Waals surface area contributed by atoms with Crippen LogP contribution in [0, 0.1) is 0 Å². The third-order valence-electron chi connectivity index (χ3n) is 0. The monoisotopic (exact) mass is 506 g/mol. The minimum Gasteiger partial charge on any atom is -3.00 e. The zero-order chi connectivity index (χ0) is 0. The van der Waals surface area contributed by atoms with E-state index in [1.807, 2.05) is 0 Å². The van der Waals surface area contributed by atoms with Gasteiger partial charge in [-0.15, -0.1) is 0 Å². The number of nitrogens with zero attached hydrogens (tertiary/aromatic N) is 4. The minimum absolute atomic E-state index is 0. The first-order chi connectivity index (χ1) is 0. The van der Waals surface area contributed by atoms with Gasteiger partial charge in [-0.2, -0.15) is 0 Å². The summed E-state index contributed by atoms with van der Waals surface area (Å²) in [7, 11) is 0. The van der Waals surface area contributed by atoms with Gasteiger partial charge in [-0.1, -0.05) is 22.3 Å². The van der Waals surface area contributed by atoms with Crippen LogP contribution in [-0.2, 0) is 58.4 Å². The fourth-order valence-electron chi connectivity index (χ4n) is 0. The quantitative estimate of drug-likeness (QED) is 0.365. The summed E-state index contributed by atoms with van der Waals surface area (Å²) >= 11 is 0. The normalized spacial score (nSPS) is 0. The predicted octanol–water partition coefficient (Wildman–Crippen LogP) is -1.30. The molecule has 0 saturated heterocycles. The molecule has 0 heterocycles. The molecule has 0 aliphatic rings. The van der Waals surface area contributed by atoms with Gasteiger partial charge in [0.25, 0.3) is 0 Å². The molecule has 0 spiro atoms. The maximum Gasteiger partial charge on any atom is 4.00 e. The van der Waals surface area contributed by atoms with Gasteiger partial charge in [0.15, 0.2) is 0 Å². The first-order valence-corrected chi connectivity index (χ1v) is 0. The molecule has 92 valence electrons. The molecule has 0 aromatic carbocycles. The van der Waals surface area contributed by atoms with Gasteiger partial charge in [0.05, 0.1) is 0 Å². The maximum atomic E-state index is 0. The molecule has 0 aromatic rings. The van der Waals surface area contributed by atoms with Crippen molar-refractivity contribution in [1.29, 1.82) is 0 Å². The smallest absolute Gasteiger partial charge is 3.00 e. The number of rotatable bonds is 0. The number of hydrogen-bond acceptors (Lipinski definition) is 0. The summed E-state index contributed by atoms with van der Waals surface area (Å²) in [6.45, 7) is 0. The summed E-state index contributed by atoms with van der Waals surface area (Å²) in [6, 6.07) is 0. The van der Waals surface area contributed by atoms with E-state index < -0.39 is 0 Å². The molecule has 13 heavy (non-hydrogen) atoms. The van der Waals surface area contributed by atoms with E-state index in [2.05, 4.69) is 0 Å². The predicted molar refractivity (Wildman–Crippen MR) is 67.6 cm³/mol. The molecular weight excluding hydrogens is 480 g/mol. The molecule has 0 unspecified atom stereocenters. The average Bonchev–Trinajstić information content (AvgIpc) is 0. The van der Waals surface area contributed by atoms with E-state index in [1.165, 1.54) is 0 Å². The van der Waals surface area contributed by atoms with Crippen molar-refractivity contribution in [3.05, 3.63) is 24.6 Å². The zero-order valence-corrected chi connectivity index (χ0v) is 8.06. The Kier molecular flexibility index (Phi) is 20100. The van der Waals surface area contributed by atoms with Crippen LogP contribution in [0.1, 0.15) is 22.3 Å². The van der Waals surface area contributed by atoms with E-state index in [0.717, 1.165) is 0 Å². The van der Waals surface area contributed by atoms with Crippen molar-refractivity contribution in [1.82, 2.24) is 0 Å². The molecule has 0 aliphatic carbocycles. The van der Waals surface area contributed by atoms with Crippen LogP contribution in [0.3, 0.4) is 0 Å². The van der Waals surface area contributed by atoms with E-state index in [0.29, 0.717) is 0 Å². The zero-order valence-electron chi connectivity index (χ0n) is 2.85. The van der Waals surface area contributed by atoms with Gasteiger partial charge in [-0.05, 0) is 32.9 Å². The van der Waals surface area contributed by atoms with E-state index in [-0.39, 0.29) is 138 Å². The summed E-state index contributed by atoms with van der Waals surface area (Å²) in [5.41, 5.74) is 0. The van der Waals surface area contributed by atoms with Gasteiger partial charge in [0, 0.05) is 0 Å². The molecule has 0 aromatic heterocycles. The van der Waals surface area contributed by atoms with Crippen LogP contribution in [0.4, 0.5) is 0 Å². The molecule has 0 saturated carbocycles. The fourth-order valence-corrected chi connectivity index (χ4v) is 0. The summed E-state index contributed by atoms with van der Waals surface area (Å²) in [5.74, 6) is 0. The molecule has 4 nitrogen and oxygen atoms in total. The third-order valence-corrected chi connectivity index (χ3v) is 0. The summed E-state index contributed by atoms with van der Waals surface area (Å²) in [6.07, 6.45) is 0. The topological polar surface area (TPSA) is 122 Å². The Balaban J connectivity index is 0. The second kappa shape index (κ2) is 460. The van der Waals surface area contributed by atoms with Crippen molar-refractivity contribution in [3.63, 3.8) is 0 Å². The summed E-state index contributed by atoms with van der Waals surface area (Å²) in [5, 5.41) is 0. The average molecular weight is 504 g/mol. The van der Waals surface area contributed by atoms with E-state index >= 15 is 0 Å². The van der Waals surface area contributed by atoms with Gasteiger partial charge >= 0.3 is 58.4 Å². The Morgan fingerprint density at radius 3 is 0.308 bits per heavy atom. The molecule has 0 radical (unpaired) electrons. The second-order valence-corrected chi connectivity index (χ2v) is 0. The van der Waals surface area contributed by atoms with Crippen LogP contribution in [0.15, 0.2) is 0 Å². The van der Waals surface area contributed by atoms with Crippen LogP contribution in [-0.4, -0.2) is 32.9 Å². The van der Waals surface area contributed by atoms with Crippen LogP contribution in [0.5, 0.6) is 0 Å². The van der Waals surface area contributed by atoms with Gasteiger partial charge in [-0.3, -0.25) is 0 Å². The van der Waals surface area contributed by atoms with Crippen LogP contribution in [0.25, 0.3) is 24.6 Å². The Bertz CT molecular complexity index is 25.8. The van der Waals surface area contributed by atoms with E-state index in [9.17, 15) is 0 Å². The Hall–Kier alpha value is 2.36. The maximum absolute atomic E-state index is 0. The fraction of sp³-hybridized carbons (Fsp3) is 1.00. The molecule has 0 amide bonds. The van der Waals surface area contributed by atoms with Gasteiger partial charge in [0.1, 0.15) is 0 Å². The standard InChI is InChI=1S/3CH4.4N.3Ru.3H4Si/h3*1H4;;;;;;;;3*1H4/q;;;4*-3;3*+4;;;.